The summed E-state index contributed by atoms with van der Waals surface area (Å²) in [7, 11) is 1.53. The summed E-state index contributed by atoms with van der Waals surface area (Å²) in [5, 5.41) is 4.84. The molecular weight excluding hydrogens is 403 g/mol. The second-order valence-corrected chi connectivity index (χ2v) is 6.75. The van der Waals surface area contributed by atoms with E-state index >= 15 is 0 Å². The highest BCUT2D eigenvalue weighted by molar-refractivity contribution is 6.32. The number of benzene rings is 2. The number of methoxy groups -OCH3 is 1. The van der Waals surface area contributed by atoms with Gasteiger partial charge in [-0.1, -0.05) is 36.2 Å². The Labute approximate surface area is 174 Å². The zero-order valence-corrected chi connectivity index (χ0v) is 17.4. The Kier molecular flexibility index (Phi) is 8.42. The number of nitrogens with one attached hydrogen (secondary N) is 1. The molecule has 0 heterocycles. The standard InChI is InChI=1S/C20H22Cl2N2O4/c1-4-13(2)28-20-17(22)8-14(9-18(20)26-3)11-23-24-19(25)12-27-16-7-5-6-15(21)10-16/h5-11,13H,4,12H2,1-3H3,(H,24,25). The first-order chi connectivity index (χ1) is 13.4. The van der Waals surface area contributed by atoms with Gasteiger partial charge in [0.1, 0.15) is 5.75 Å². The van der Waals surface area contributed by atoms with Crippen molar-refractivity contribution in [3.8, 4) is 17.2 Å². The van der Waals surface area contributed by atoms with Crippen LogP contribution in [0.15, 0.2) is 41.5 Å². The Hall–Kier alpha value is -2.44. The number of carbonyl (C=O) groups is 1. The SMILES string of the molecule is CCC(C)Oc1c(Cl)cc(C=NNC(=O)COc2cccc(Cl)c2)cc1OC. The highest BCUT2D eigenvalue weighted by Gasteiger charge is 2.14. The maximum Gasteiger partial charge on any atom is 0.277 e. The van der Waals surface area contributed by atoms with Gasteiger partial charge in [0, 0.05) is 5.02 Å². The van der Waals surface area contributed by atoms with Crippen molar-refractivity contribution in [2.75, 3.05) is 13.7 Å². The van der Waals surface area contributed by atoms with Crippen LogP contribution < -0.4 is 19.6 Å². The number of carbonyl (C=O) groups excluding carboxylic acids is 1. The van der Waals surface area contributed by atoms with E-state index in [1.807, 2.05) is 13.8 Å². The Morgan fingerprint density at radius 1 is 1.29 bits per heavy atom. The van der Waals surface area contributed by atoms with Gasteiger partial charge in [-0.25, -0.2) is 5.43 Å². The fourth-order valence-electron chi connectivity index (χ4n) is 2.13. The molecule has 0 spiro atoms. The van der Waals surface area contributed by atoms with Crippen LogP contribution in [0.2, 0.25) is 10.0 Å². The van der Waals surface area contributed by atoms with E-state index in [9.17, 15) is 4.79 Å². The molecule has 2 aromatic carbocycles. The number of hydrazone groups is 1. The molecule has 28 heavy (non-hydrogen) atoms. The average Bonchev–Trinajstić information content (AvgIpc) is 2.68. The first-order valence-corrected chi connectivity index (χ1v) is 9.43. The summed E-state index contributed by atoms with van der Waals surface area (Å²) in [5.74, 6) is 1.06. The van der Waals surface area contributed by atoms with E-state index in [1.165, 1.54) is 13.3 Å². The van der Waals surface area contributed by atoms with Crippen molar-refractivity contribution >= 4 is 35.3 Å². The molecule has 6 nitrogen and oxygen atoms in total. The molecule has 1 amide bonds. The summed E-state index contributed by atoms with van der Waals surface area (Å²) in [6.07, 6.45) is 2.30. The molecule has 0 aliphatic carbocycles. The van der Waals surface area contributed by atoms with Gasteiger partial charge in [0.15, 0.2) is 18.1 Å². The van der Waals surface area contributed by atoms with Crippen molar-refractivity contribution in [1.82, 2.24) is 5.43 Å². The molecule has 0 aliphatic rings. The zero-order chi connectivity index (χ0) is 20.5. The van der Waals surface area contributed by atoms with E-state index in [0.29, 0.717) is 32.9 Å². The van der Waals surface area contributed by atoms with Gasteiger partial charge in [0.05, 0.1) is 24.5 Å². The molecule has 1 unspecified atom stereocenters. The lowest BCUT2D eigenvalue weighted by atomic mass is 10.2. The third kappa shape index (κ3) is 6.62. The minimum absolute atomic E-state index is 0.00435. The summed E-state index contributed by atoms with van der Waals surface area (Å²) >= 11 is 12.2. The van der Waals surface area contributed by atoms with E-state index in [4.69, 9.17) is 37.4 Å². The number of amides is 1. The minimum atomic E-state index is -0.411. The Bertz CT molecular complexity index is 843. The van der Waals surface area contributed by atoms with Crippen LogP contribution in [-0.4, -0.2) is 31.9 Å². The molecular formula is C20H22Cl2N2O4. The number of hydrogen-bond acceptors (Lipinski definition) is 5. The quantitative estimate of drug-likeness (QED) is 0.467. The van der Waals surface area contributed by atoms with E-state index in [1.54, 1.807) is 36.4 Å². The van der Waals surface area contributed by atoms with Gasteiger partial charge in [-0.3, -0.25) is 4.79 Å². The van der Waals surface area contributed by atoms with Crippen LogP contribution in [0.1, 0.15) is 25.8 Å². The molecule has 1 N–H and O–H groups in total. The second kappa shape index (κ2) is 10.8. The number of nitrogens with zero attached hydrogens (tertiary/aromatic N) is 1. The maximum atomic E-state index is 11.8. The molecule has 150 valence electrons. The first-order valence-electron chi connectivity index (χ1n) is 8.67. The predicted molar refractivity (Wildman–Crippen MR) is 111 cm³/mol. The van der Waals surface area contributed by atoms with Crippen molar-refractivity contribution in [3.63, 3.8) is 0 Å². The number of rotatable bonds is 9. The molecule has 0 radical (unpaired) electrons. The van der Waals surface area contributed by atoms with E-state index in [0.717, 1.165) is 6.42 Å². The number of ether oxygens (including phenoxy) is 3. The van der Waals surface area contributed by atoms with E-state index in [-0.39, 0.29) is 12.7 Å². The molecule has 0 fully saturated rings. The minimum Gasteiger partial charge on any atom is -0.493 e. The third-order valence-electron chi connectivity index (χ3n) is 3.71. The number of halogens is 2. The lowest BCUT2D eigenvalue weighted by Gasteiger charge is -2.17. The Balaban J connectivity index is 1.95. The lowest BCUT2D eigenvalue weighted by molar-refractivity contribution is -0.123. The largest absolute Gasteiger partial charge is 0.493 e. The van der Waals surface area contributed by atoms with Crippen LogP contribution in [-0.2, 0) is 4.79 Å². The Morgan fingerprint density at radius 2 is 2.07 bits per heavy atom. The molecule has 2 rings (SSSR count). The van der Waals surface area contributed by atoms with Gasteiger partial charge < -0.3 is 14.2 Å². The van der Waals surface area contributed by atoms with Crippen LogP contribution in [0.4, 0.5) is 0 Å². The number of hydrogen-bond donors (Lipinski definition) is 1. The summed E-state index contributed by atoms with van der Waals surface area (Å²) < 4.78 is 16.5. The molecule has 0 aliphatic heterocycles. The van der Waals surface area contributed by atoms with Gasteiger partial charge in [-0.2, -0.15) is 5.10 Å². The average molecular weight is 425 g/mol. The molecule has 0 saturated carbocycles. The summed E-state index contributed by atoms with van der Waals surface area (Å²) in [6, 6.07) is 10.2. The van der Waals surface area contributed by atoms with Crippen molar-refractivity contribution in [3.05, 3.63) is 52.0 Å². The summed E-state index contributed by atoms with van der Waals surface area (Å²) in [6.45, 7) is 3.78. The fourth-order valence-corrected chi connectivity index (χ4v) is 2.57. The van der Waals surface area contributed by atoms with Crippen LogP contribution >= 0.6 is 23.2 Å². The van der Waals surface area contributed by atoms with Crippen molar-refractivity contribution in [2.45, 2.75) is 26.4 Å². The van der Waals surface area contributed by atoms with Gasteiger partial charge in [0.2, 0.25) is 0 Å². The highest BCUT2D eigenvalue weighted by atomic mass is 35.5. The van der Waals surface area contributed by atoms with Crippen LogP contribution in [0.5, 0.6) is 17.2 Å². The van der Waals surface area contributed by atoms with Gasteiger partial charge in [-0.15, -0.1) is 0 Å². The predicted octanol–water partition coefficient (Wildman–Crippen LogP) is 4.71. The van der Waals surface area contributed by atoms with Crippen LogP contribution in [0.3, 0.4) is 0 Å². The first kappa shape index (κ1) is 21.9. The lowest BCUT2D eigenvalue weighted by Crippen LogP contribution is -2.24. The second-order valence-electron chi connectivity index (χ2n) is 5.91. The molecule has 0 saturated heterocycles. The smallest absolute Gasteiger partial charge is 0.277 e. The van der Waals surface area contributed by atoms with Crippen molar-refractivity contribution in [1.29, 1.82) is 0 Å². The van der Waals surface area contributed by atoms with Gasteiger partial charge >= 0.3 is 0 Å². The van der Waals surface area contributed by atoms with Crippen LogP contribution in [0, 0.1) is 0 Å². The molecule has 2 aromatic rings. The van der Waals surface area contributed by atoms with Crippen LogP contribution in [0.25, 0.3) is 0 Å². The molecule has 8 heteroatoms. The van der Waals surface area contributed by atoms with Crippen molar-refractivity contribution in [2.24, 2.45) is 5.10 Å². The molecule has 0 bridgehead atoms. The zero-order valence-electron chi connectivity index (χ0n) is 15.9. The van der Waals surface area contributed by atoms with Gasteiger partial charge in [-0.05, 0) is 49.2 Å². The Morgan fingerprint density at radius 3 is 2.75 bits per heavy atom. The molecule has 1 atom stereocenters. The fraction of sp³-hybridized carbons (Fsp3) is 0.300. The molecule has 0 aromatic heterocycles. The third-order valence-corrected chi connectivity index (χ3v) is 4.23. The maximum absolute atomic E-state index is 11.8. The topological polar surface area (TPSA) is 69.2 Å². The summed E-state index contributed by atoms with van der Waals surface area (Å²) in [5.41, 5.74) is 3.03. The van der Waals surface area contributed by atoms with Gasteiger partial charge in [0.25, 0.3) is 5.91 Å². The van der Waals surface area contributed by atoms with Crippen molar-refractivity contribution < 1.29 is 19.0 Å². The summed E-state index contributed by atoms with van der Waals surface area (Å²) in [4.78, 5) is 11.8. The monoisotopic (exact) mass is 424 g/mol. The normalized spacial score (nSPS) is 11.9. The highest BCUT2D eigenvalue weighted by Crippen LogP contribution is 2.37. The van der Waals surface area contributed by atoms with E-state index < -0.39 is 5.91 Å². The van der Waals surface area contributed by atoms with E-state index in [2.05, 4.69) is 10.5 Å².